The average molecular weight is 343 g/mol. The summed E-state index contributed by atoms with van der Waals surface area (Å²) in [5.41, 5.74) is 0. The number of hydrogen-bond acceptors (Lipinski definition) is 3. The van der Waals surface area contributed by atoms with Crippen molar-refractivity contribution in [2.45, 2.75) is 36.3 Å². The maximum Gasteiger partial charge on any atom is 0.236 e. The minimum Gasteiger partial charge on any atom is -0.341 e. The van der Waals surface area contributed by atoms with E-state index < -0.39 is 0 Å². The van der Waals surface area contributed by atoms with Crippen LogP contribution in [0.5, 0.6) is 0 Å². The van der Waals surface area contributed by atoms with E-state index in [0.717, 1.165) is 32.5 Å². The van der Waals surface area contributed by atoms with Crippen LogP contribution in [0.1, 0.15) is 26.2 Å². The fourth-order valence-corrected chi connectivity index (χ4v) is 3.96. The van der Waals surface area contributed by atoms with Crippen LogP contribution in [0.3, 0.4) is 0 Å². The Kier molecular flexibility index (Phi) is 8.91. The van der Waals surface area contributed by atoms with Gasteiger partial charge in [0, 0.05) is 18.0 Å². The number of piperidine rings is 1. The van der Waals surface area contributed by atoms with Crippen molar-refractivity contribution in [2.24, 2.45) is 5.92 Å². The monoisotopic (exact) mass is 342 g/mol. The molecule has 1 heterocycles. The van der Waals surface area contributed by atoms with Gasteiger partial charge in [-0.05, 0) is 50.9 Å². The Morgan fingerprint density at radius 2 is 2.14 bits per heavy atom. The normalized spacial score (nSPS) is 19.4. The highest BCUT2D eigenvalue weighted by molar-refractivity contribution is 8.00. The lowest BCUT2D eigenvalue weighted by atomic mass is 9.97. The van der Waals surface area contributed by atoms with E-state index in [2.05, 4.69) is 29.3 Å². The molecule has 1 N–H and O–H groups in total. The fourth-order valence-electron chi connectivity index (χ4n) is 2.90. The summed E-state index contributed by atoms with van der Waals surface area (Å²) in [6, 6.07) is 10.2. The first kappa shape index (κ1) is 19.3. The quantitative estimate of drug-likeness (QED) is 0.804. The summed E-state index contributed by atoms with van der Waals surface area (Å²) >= 11 is 1.70. The Morgan fingerprint density at radius 1 is 1.41 bits per heavy atom. The van der Waals surface area contributed by atoms with Crippen molar-refractivity contribution in [3.63, 3.8) is 0 Å². The first-order valence-electron chi connectivity index (χ1n) is 7.89. The van der Waals surface area contributed by atoms with Gasteiger partial charge < -0.3 is 10.2 Å². The second kappa shape index (κ2) is 10.1. The van der Waals surface area contributed by atoms with Crippen molar-refractivity contribution in [3.05, 3.63) is 30.3 Å². The van der Waals surface area contributed by atoms with Gasteiger partial charge in [-0.2, -0.15) is 0 Å². The maximum absolute atomic E-state index is 12.8. The third-order valence-corrected chi connectivity index (χ3v) is 5.36. The lowest BCUT2D eigenvalue weighted by Gasteiger charge is -2.34. The van der Waals surface area contributed by atoms with Crippen molar-refractivity contribution in [3.8, 4) is 0 Å². The molecule has 22 heavy (non-hydrogen) atoms. The Bertz CT molecular complexity index is 442. The van der Waals surface area contributed by atoms with Gasteiger partial charge in [0.05, 0.1) is 5.25 Å². The predicted octanol–water partition coefficient (Wildman–Crippen LogP) is 3.44. The van der Waals surface area contributed by atoms with E-state index in [1.807, 2.05) is 25.2 Å². The summed E-state index contributed by atoms with van der Waals surface area (Å²) in [6.07, 6.45) is 3.24. The van der Waals surface area contributed by atoms with Crippen LogP contribution in [0.2, 0.25) is 0 Å². The minimum atomic E-state index is 0. The molecule has 0 saturated carbocycles. The number of hydrogen-bond donors (Lipinski definition) is 1. The van der Waals surface area contributed by atoms with Crippen molar-refractivity contribution < 1.29 is 4.79 Å². The number of nitrogens with one attached hydrogen (secondary N) is 1. The molecule has 2 atom stereocenters. The van der Waals surface area contributed by atoms with E-state index in [4.69, 9.17) is 0 Å². The van der Waals surface area contributed by atoms with Crippen LogP contribution in [-0.4, -0.2) is 42.7 Å². The molecule has 0 radical (unpaired) electrons. The van der Waals surface area contributed by atoms with Gasteiger partial charge in [0.2, 0.25) is 5.91 Å². The van der Waals surface area contributed by atoms with Crippen molar-refractivity contribution in [1.29, 1.82) is 0 Å². The number of carbonyl (C=O) groups is 1. The average Bonchev–Trinajstić information content (AvgIpc) is 2.53. The number of likely N-dealkylation sites (tertiary alicyclic amines) is 1. The Hall–Kier alpha value is -0.710. The van der Waals surface area contributed by atoms with Crippen molar-refractivity contribution in [1.82, 2.24) is 10.2 Å². The van der Waals surface area contributed by atoms with Crippen molar-refractivity contribution in [2.75, 3.05) is 26.7 Å². The zero-order valence-electron chi connectivity index (χ0n) is 13.5. The second-order valence-corrected chi connectivity index (χ2v) is 6.95. The summed E-state index contributed by atoms with van der Waals surface area (Å²) in [5, 5.41) is 3.28. The molecule has 0 spiro atoms. The minimum absolute atomic E-state index is 0. The molecule has 1 aliphatic rings. The molecular weight excluding hydrogens is 316 g/mol. The van der Waals surface area contributed by atoms with Crippen LogP contribution in [0.25, 0.3) is 0 Å². The van der Waals surface area contributed by atoms with Gasteiger partial charge in [0.25, 0.3) is 0 Å². The fraction of sp³-hybridized carbons (Fsp3) is 0.588. The molecule has 0 aromatic heterocycles. The molecule has 1 amide bonds. The molecule has 1 aliphatic heterocycles. The van der Waals surface area contributed by atoms with Crippen molar-refractivity contribution >= 4 is 30.1 Å². The largest absolute Gasteiger partial charge is 0.341 e. The Labute approximate surface area is 144 Å². The molecule has 1 aromatic carbocycles. The van der Waals surface area contributed by atoms with Gasteiger partial charge in [0.1, 0.15) is 0 Å². The van der Waals surface area contributed by atoms with Crippen LogP contribution in [0.15, 0.2) is 35.2 Å². The molecule has 0 aliphatic carbocycles. The predicted molar refractivity (Wildman–Crippen MR) is 96.9 cm³/mol. The lowest BCUT2D eigenvalue weighted by Crippen LogP contribution is -2.45. The number of benzene rings is 1. The highest BCUT2D eigenvalue weighted by Gasteiger charge is 2.28. The zero-order chi connectivity index (χ0) is 15.1. The van der Waals surface area contributed by atoms with E-state index in [0.29, 0.717) is 11.8 Å². The summed E-state index contributed by atoms with van der Waals surface area (Å²) < 4.78 is 0. The number of rotatable bonds is 6. The third-order valence-electron chi connectivity index (χ3n) is 3.99. The second-order valence-electron chi connectivity index (χ2n) is 5.68. The van der Waals surface area contributed by atoms with E-state index in [1.54, 1.807) is 11.8 Å². The smallest absolute Gasteiger partial charge is 0.236 e. The number of thioether (sulfide) groups is 1. The molecule has 2 unspecified atom stereocenters. The van der Waals surface area contributed by atoms with Gasteiger partial charge in [0.15, 0.2) is 0 Å². The van der Waals surface area contributed by atoms with Gasteiger partial charge in [-0.3, -0.25) is 4.79 Å². The van der Waals surface area contributed by atoms with E-state index in [1.165, 1.54) is 11.3 Å². The van der Waals surface area contributed by atoms with E-state index in [9.17, 15) is 4.79 Å². The molecule has 1 aromatic rings. The number of nitrogens with zero attached hydrogens (tertiary/aromatic N) is 1. The van der Waals surface area contributed by atoms with Gasteiger partial charge in [-0.25, -0.2) is 0 Å². The molecule has 3 nitrogen and oxygen atoms in total. The highest BCUT2D eigenvalue weighted by atomic mass is 35.5. The molecule has 5 heteroatoms. The third kappa shape index (κ3) is 5.49. The lowest BCUT2D eigenvalue weighted by molar-refractivity contribution is -0.132. The summed E-state index contributed by atoms with van der Waals surface area (Å²) in [5.74, 6) is 0.916. The number of amides is 1. The Balaban J connectivity index is 0.00000242. The Morgan fingerprint density at radius 3 is 2.77 bits per heavy atom. The first-order valence-corrected chi connectivity index (χ1v) is 8.77. The molecule has 1 saturated heterocycles. The summed E-state index contributed by atoms with van der Waals surface area (Å²) in [7, 11) is 1.99. The van der Waals surface area contributed by atoms with Crippen LogP contribution in [-0.2, 0) is 4.79 Å². The van der Waals surface area contributed by atoms with Gasteiger partial charge in [-0.1, -0.05) is 25.1 Å². The molecular formula is C17H27ClN2OS. The number of halogens is 1. The summed E-state index contributed by atoms with van der Waals surface area (Å²) in [4.78, 5) is 16.0. The number of carbonyl (C=O) groups excluding carboxylic acids is 1. The SMILES string of the molecule is CCC(Sc1ccccc1)C(=O)N1CCCC(CNC)C1.Cl. The molecule has 124 valence electrons. The van der Waals surface area contributed by atoms with Crippen LogP contribution in [0.4, 0.5) is 0 Å². The van der Waals surface area contributed by atoms with Gasteiger partial charge >= 0.3 is 0 Å². The molecule has 1 fully saturated rings. The van der Waals surface area contributed by atoms with Crippen LogP contribution < -0.4 is 5.32 Å². The highest BCUT2D eigenvalue weighted by Crippen LogP contribution is 2.28. The van der Waals surface area contributed by atoms with E-state index in [-0.39, 0.29) is 17.7 Å². The molecule has 0 bridgehead atoms. The standard InChI is InChI=1S/C17H26N2OS.ClH/c1-3-16(21-15-9-5-4-6-10-15)17(20)19-11-7-8-14(13-19)12-18-2;/h4-6,9-10,14,16,18H,3,7-8,11-13H2,1-2H3;1H. The van der Waals surface area contributed by atoms with Crippen LogP contribution in [0, 0.1) is 5.92 Å². The maximum atomic E-state index is 12.8. The first-order chi connectivity index (χ1) is 10.2. The topological polar surface area (TPSA) is 32.3 Å². The molecule has 2 rings (SSSR count). The zero-order valence-corrected chi connectivity index (χ0v) is 15.1. The van der Waals surface area contributed by atoms with E-state index >= 15 is 0 Å². The van der Waals surface area contributed by atoms with Crippen LogP contribution >= 0.6 is 24.2 Å². The van der Waals surface area contributed by atoms with Gasteiger partial charge in [-0.15, -0.1) is 24.2 Å². The summed E-state index contributed by atoms with van der Waals surface area (Å²) in [6.45, 7) is 4.94.